The van der Waals surface area contributed by atoms with E-state index in [1.54, 1.807) is 0 Å². The van der Waals surface area contributed by atoms with Gasteiger partial charge in [-0.3, -0.25) is 0 Å². The Morgan fingerprint density at radius 1 is 1.00 bits per heavy atom. The normalized spacial score (nSPS) is 47.6. The van der Waals surface area contributed by atoms with Crippen molar-refractivity contribution < 1.29 is 4.79 Å². The Balaban J connectivity index is 1.30. The van der Waals surface area contributed by atoms with Crippen molar-refractivity contribution in [1.82, 2.24) is 10.6 Å². The molecule has 0 heterocycles. The van der Waals surface area contributed by atoms with E-state index in [1.165, 1.54) is 44.9 Å². The van der Waals surface area contributed by atoms with Crippen molar-refractivity contribution in [3.63, 3.8) is 0 Å². The monoisotopic (exact) mass is 291 g/mol. The predicted octanol–water partition coefficient (Wildman–Crippen LogP) is 2.38. The minimum atomic E-state index is 0.0671. The molecule has 21 heavy (non-hydrogen) atoms. The van der Waals surface area contributed by atoms with E-state index < -0.39 is 0 Å². The van der Waals surface area contributed by atoms with Crippen LogP contribution >= 0.6 is 0 Å². The van der Waals surface area contributed by atoms with Gasteiger partial charge in [0.15, 0.2) is 0 Å². The number of hydrogen-bond donors (Lipinski definition) is 3. The number of carbonyl (C=O) groups is 1. The van der Waals surface area contributed by atoms with E-state index in [0.29, 0.717) is 12.0 Å². The first-order valence-corrected chi connectivity index (χ1v) is 8.92. The van der Waals surface area contributed by atoms with Crippen molar-refractivity contribution in [2.45, 2.75) is 69.4 Å². The van der Waals surface area contributed by atoms with Crippen LogP contribution < -0.4 is 16.4 Å². The van der Waals surface area contributed by atoms with Crippen molar-refractivity contribution in [2.24, 2.45) is 29.4 Å². The van der Waals surface area contributed by atoms with Crippen molar-refractivity contribution in [2.75, 3.05) is 6.54 Å². The third-order valence-electron chi connectivity index (χ3n) is 6.55. The maximum atomic E-state index is 12.3. The lowest BCUT2D eigenvalue weighted by molar-refractivity contribution is -0.0135. The first kappa shape index (κ1) is 13.9. The Morgan fingerprint density at radius 3 is 2.14 bits per heavy atom. The van der Waals surface area contributed by atoms with Crippen LogP contribution in [0, 0.1) is 23.7 Å². The first-order chi connectivity index (χ1) is 10.1. The molecule has 2 unspecified atom stereocenters. The molecule has 5 rings (SSSR count). The summed E-state index contributed by atoms with van der Waals surface area (Å²) in [6.45, 7) is 0.798. The molecule has 0 spiro atoms. The molecule has 4 heteroatoms. The van der Waals surface area contributed by atoms with Crippen LogP contribution in [0.3, 0.4) is 0 Å². The third-order valence-corrected chi connectivity index (χ3v) is 6.55. The highest BCUT2D eigenvalue weighted by atomic mass is 16.2. The summed E-state index contributed by atoms with van der Waals surface area (Å²) in [7, 11) is 0. The van der Waals surface area contributed by atoms with E-state index in [4.69, 9.17) is 5.73 Å². The highest BCUT2D eigenvalue weighted by molar-refractivity contribution is 5.74. The molecule has 2 atom stereocenters. The van der Waals surface area contributed by atoms with Gasteiger partial charge in [0.25, 0.3) is 0 Å². The maximum Gasteiger partial charge on any atom is 0.315 e. The van der Waals surface area contributed by atoms with E-state index in [1.807, 2.05) is 0 Å². The quantitative estimate of drug-likeness (QED) is 0.747. The second-order valence-corrected chi connectivity index (χ2v) is 8.47. The zero-order valence-corrected chi connectivity index (χ0v) is 12.9. The van der Waals surface area contributed by atoms with E-state index in [9.17, 15) is 4.79 Å². The second kappa shape index (κ2) is 5.15. The summed E-state index contributed by atoms with van der Waals surface area (Å²) < 4.78 is 0. The molecule has 4 nitrogen and oxygen atoms in total. The average Bonchev–Trinajstić information content (AvgIpc) is 2.80. The molecule has 0 saturated heterocycles. The van der Waals surface area contributed by atoms with Gasteiger partial charge in [-0.25, -0.2) is 4.79 Å². The lowest BCUT2D eigenvalue weighted by atomic mass is 9.53. The fraction of sp³-hybridized carbons (Fsp3) is 0.941. The topological polar surface area (TPSA) is 67.1 Å². The van der Waals surface area contributed by atoms with Crippen LogP contribution in [0.1, 0.15) is 57.8 Å². The highest BCUT2D eigenvalue weighted by Crippen LogP contribution is 2.55. The standard InChI is InChI=1S/C17H29N3O/c18-15-2-1-11(6-15)10-19-16(21)20-17-7-12-3-13(8-17)5-14(4-12)9-17/h11-15H,1-10,18H2,(H2,19,20,21). The number of nitrogens with two attached hydrogens (primary N) is 1. The summed E-state index contributed by atoms with van der Waals surface area (Å²) in [6, 6.07) is 0.417. The molecule has 0 aromatic rings. The van der Waals surface area contributed by atoms with Crippen molar-refractivity contribution in [3.05, 3.63) is 0 Å². The van der Waals surface area contributed by atoms with Crippen molar-refractivity contribution in [1.29, 1.82) is 0 Å². The van der Waals surface area contributed by atoms with Crippen molar-refractivity contribution >= 4 is 6.03 Å². The van der Waals surface area contributed by atoms with E-state index in [-0.39, 0.29) is 11.6 Å². The van der Waals surface area contributed by atoms with Gasteiger partial charge in [0.05, 0.1) is 0 Å². The maximum absolute atomic E-state index is 12.3. The summed E-state index contributed by atoms with van der Waals surface area (Å²) in [4.78, 5) is 12.3. The fourth-order valence-corrected chi connectivity index (χ4v) is 6.08. The lowest BCUT2D eigenvalue weighted by Crippen LogP contribution is -2.61. The van der Waals surface area contributed by atoms with Crippen LogP contribution in [0.4, 0.5) is 4.79 Å². The minimum Gasteiger partial charge on any atom is -0.338 e. The van der Waals surface area contributed by atoms with Crippen LogP contribution in [0.25, 0.3) is 0 Å². The second-order valence-electron chi connectivity index (χ2n) is 8.47. The van der Waals surface area contributed by atoms with Gasteiger partial charge < -0.3 is 16.4 Å². The Hall–Kier alpha value is -0.770. The molecule has 2 amide bonds. The number of amides is 2. The molecular weight excluding hydrogens is 262 g/mol. The summed E-state index contributed by atoms with van der Waals surface area (Å²) >= 11 is 0. The number of nitrogens with one attached hydrogen (secondary N) is 2. The fourth-order valence-electron chi connectivity index (χ4n) is 6.08. The van der Waals surface area contributed by atoms with Gasteiger partial charge in [0.1, 0.15) is 0 Å². The highest BCUT2D eigenvalue weighted by Gasteiger charge is 2.51. The van der Waals surface area contributed by atoms with Gasteiger partial charge in [0, 0.05) is 18.1 Å². The molecule has 5 fully saturated rings. The molecule has 5 saturated carbocycles. The molecule has 0 aromatic carbocycles. The molecule has 0 aromatic heterocycles. The van der Waals surface area contributed by atoms with E-state index in [2.05, 4.69) is 10.6 Å². The molecule has 118 valence electrons. The number of hydrogen-bond acceptors (Lipinski definition) is 2. The Bertz CT molecular complexity index is 387. The van der Waals surface area contributed by atoms with Crippen LogP contribution in [0.5, 0.6) is 0 Å². The van der Waals surface area contributed by atoms with Gasteiger partial charge >= 0.3 is 6.03 Å². The van der Waals surface area contributed by atoms with Crippen LogP contribution in [0.2, 0.25) is 0 Å². The molecule has 4 N–H and O–H groups in total. The first-order valence-electron chi connectivity index (χ1n) is 8.92. The smallest absolute Gasteiger partial charge is 0.315 e. The van der Waals surface area contributed by atoms with Gasteiger partial charge in [-0.15, -0.1) is 0 Å². The molecule has 4 bridgehead atoms. The molecule has 5 aliphatic rings. The van der Waals surface area contributed by atoms with Gasteiger partial charge in [-0.2, -0.15) is 0 Å². The SMILES string of the molecule is NC1CCC(CNC(=O)NC23CC4CC(CC(C4)C2)C3)C1. The predicted molar refractivity (Wildman–Crippen MR) is 82.8 cm³/mol. The summed E-state index contributed by atoms with van der Waals surface area (Å²) in [5.41, 5.74) is 6.07. The number of urea groups is 1. The van der Waals surface area contributed by atoms with E-state index in [0.717, 1.165) is 37.1 Å². The van der Waals surface area contributed by atoms with Gasteiger partial charge in [-0.05, 0) is 81.5 Å². The van der Waals surface area contributed by atoms with E-state index >= 15 is 0 Å². The Morgan fingerprint density at radius 2 is 1.62 bits per heavy atom. The lowest BCUT2D eigenvalue weighted by Gasteiger charge is -2.56. The van der Waals surface area contributed by atoms with Gasteiger partial charge in [0.2, 0.25) is 0 Å². The Labute approximate surface area is 127 Å². The van der Waals surface area contributed by atoms with Crippen molar-refractivity contribution in [3.8, 4) is 0 Å². The molecule has 5 aliphatic carbocycles. The summed E-state index contributed by atoms with van der Waals surface area (Å²) in [5, 5.41) is 6.49. The van der Waals surface area contributed by atoms with Crippen LogP contribution in [-0.4, -0.2) is 24.2 Å². The summed E-state index contributed by atoms with van der Waals surface area (Å²) in [5.74, 6) is 3.22. The summed E-state index contributed by atoms with van der Waals surface area (Å²) in [6.07, 6.45) is 11.3. The molecule has 0 radical (unpaired) electrons. The van der Waals surface area contributed by atoms with Crippen LogP contribution in [0.15, 0.2) is 0 Å². The zero-order chi connectivity index (χ0) is 14.4. The largest absolute Gasteiger partial charge is 0.338 e. The minimum absolute atomic E-state index is 0.0671. The van der Waals surface area contributed by atoms with Gasteiger partial charge in [-0.1, -0.05) is 0 Å². The third kappa shape index (κ3) is 2.79. The van der Waals surface area contributed by atoms with Crippen LogP contribution in [-0.2, 0) is 0 Å². The molecular formula is C17H29N3O. The Kier molecular flexibility index (Phi) is 3.40. The average molecular weight is 291 g/mol. The zero-order valence-electron chi connectivity index (χ0n) is 12.9. The molecule has 0 aliphatic heterocycles. The number of rotatable bonds is 3. The number of carbonyl (C=O) groups excluding carboxylic acids is 1.